The van der Waals surface area contributed by atoms with E-state index in [1.807, 2.05) is 0 Å². The van der Waals surface area contributed by atoms with Crippen LogP contribution in [0.25, 0.3) is 0 Å². The maximum absolute atomic E-state index is 12.0. The predicted molar refractivity (Wildman–Crippen MR) is 93.5 cm³/mol. The molecule has 1 aliphatic rings. The SMILES string of the molecule is O=C(C(Cl)Cl)N1CCCc2c1ccc(OC(=O)C(Cl)(Cl)Cl)c2Cl. The third kappa shape index (κ3) is 4.30. The number of nitrogens with zero attached hydrogens (tertiary/aromatic N) is 1. The lowest BCUT2D eigenvalue weighted by atomic mass is 10.0. The zero-order valence-corrected chi connectivity index (χ0v) is 15.8. The maximum atomic E-state index is 12.0. The van der Waals surface area contributed by atoms with Gasteiger partial charge >= 0.3 is 5.97 Å². The number of amides is 1. The van der Waals surface area contributed by atoms with Gasteiger partial charge in [0.25, 0.3) is 9.70 Å². The largest absolute Gasteiger partial charge is 0.422 e. The van der Waals surface area contributed by atoms with Gasteiger partial charge in [0, 0.05) is 12.2 Å². The van der Waals surface area contributed by atoms with Crippen molar-refractivity contribution in [2.75, 3.05) is 11.4 Å². The Morgan fingerprint density at radius 1 is 1.22 bits per heavy atom. The minimum atomic E-state index is -2.22. The topological polar surface area (TPSA) is 46.6 Å². The van der Waals surface area contributed by atoms with E-state index in [0.29, 0.717) is 30.6 Å². The van der Waals surface area contributed by atoms with Crippen molar-refractivity contribution in [3.8, 4) is 5.75 Å². The van der Waals surface area contributed by atoms with Gasteiger partial charge < -0.3 is 9.64 Å². The lowest BCUT2D eigenvalue weighted by Crippen LogP contribution is -2.38. The summed E-state index contributed by atoms with van der Waals surface area (Å²) in [5, 5.41) is 0.170. The number of benzene rings is 1. The zero-order chi connectivity index (χ0) is 17.4. The first-order valence-electron chi connectivity index (χ1n) is 6.33. The molecule has 0 radical (unpaired) electrons. The van der Waals surface area contributed by atoms with E-state index in [2.05, 4.69) is 0 Å². The van der Waals surface area contributed by atoms with E-state index in [4.69, 9.17) is 74.3 Å². The van der Waals surface area contributed by atoms with Gasteiger partial charge in [-0.3, -0.25) is 4.79 Å². The quantitative estimate of drug-likeness (QED) is 0.381. The van der Waals surface area contributed by atoms with Gasteiger partial charge in [0.2, 0.25) is 0 Å². The van der Waals surface area contributed by atoms with Crippen molar-refractivity contribution in [3.05, 3.63) is 22.7 Å². The van der Waals surface area contributed by atoms with Gasteiger partial charge in [-0.25, -0.2) is 4.79 Å². The molecule has 1 aromatic rings. The van der Waals surface area contributed by atoms with Crippen LogP contribution in [-0.2, 0) is 16.0 Å². The number of hydrogen-bond acceptors (Lipinski definition) is 3. The molecule has 0 fully saturated rings. The third-order valence-electron chi connectivity index (χ3n) is 3.17. The van der Waals surface area contributed by atoms with Crippen LogP contribution >= 0.6 is 69.6 Å². The number of carbonyl (C=O) groups is 2. The van der Waals surface area contributed by atoms with Crippen LogP contribution in [-0.4, -0.2) is 27.1 Å². The molecule has 0 aromatic heterocycles. The van der Waals surface area contributed by atoms with Crippen molar-refractivity contribution in [1.29, 1.82) is 0 Å². The minimum absolute atomic E-state index is 0.0457. The highest BCUT2D eigenvalue weighted by atomic mass is 35.6. The van der Waals surface area contributed by atoms with Gasteiger partial charge in [0.1, 0.15) is 5.75 Å². The van der Waals surface area contributed by atoms with Crippen LogP contribution in [0.4, 0.5) is 5.69 Å². The average molecular weight is 440 g/mol. The normalized spacial score (nSPS) is 14.7. The third-order valence-corrected chi connectivity index (χ3v) is 4.42. The number of alkyl halides is 5. The van der Waals surface area contributed by atoms with Crippen molar-refractivity contribution in [2.45, 2.75) is 21.5 Å². The number of carbonyl (C=O) groups excluding carboxylic acids is 2. The molecular weight excluding hydrogens is 431 g/mol. The van der Waals surface area contributed by atoms with Crippen LogP contribution in [0, 0.1) is 0 Å². The van der Waals surface area contributed by atoms with Crippen LogP contribution in [0.3, 0.4) is 0 Å². The first kappa shape index (κ1) is 19.2. The van der Waals surface area contributed by atoms with E-state index in [1.54, 1.807) is 6.07 Å². The summed E-state index contributed by atoms with van der Waals surface area (Å²) in [5.74, 6) is -1.48. The molecule has 1 aromatic carbocycles. The Morgan fingerprint density at radius 3 is 2.43 bits per heavy atom. The second kappa shape index (κ2) is 7.42. The highest BCUT2D eigenvalue weighted by Gasteiger charge is 2.35. The van der Waals surface area contributed by atoms with Gasteiger partial charge in [0.15, 0.2) is 4.84 Å². The Morgan fingerprint density at radius 2 is 1.87 bits per heavy atom. The summed E-state index contributed by atoms with van der Waals surface area (Å²) in [7, 11) is 0. The van der Waals surface area contributed by atoms with Crippen molar-refractivity contribution in [3.63, 3.8) is 0 Å². The van der Waals surface area contributed by atoms with Gasteiger partial charge in [-0.15, -0.1) is 0 Å². The molecule has 0 spiro atoms. The fourth-order valence-electron chi connectivity index (χ4n) is 2.20. The van der Waals surface area contributed by atoms with Gasteiger partial charge in [0.05, 0.1) is 5.02 Å². The second-order valence-electron chi connectivity index (χ2n) is 4.66. The Kier molecular flexibility index (Phi) is 6.21. The van der Waals surface area contributed by atoms with Crippen LogP contribution < -0.4 is 9.64 Å². The Bertz CT molecular complexity index is 643. The van der Waals surface area contributed by atoms with E-state index in [-0.39, 0.29) is 10.8 Å². The molecular formula is C13H9Cl6NO3. The average Bonchev–Trinajstić information content (AvgIpc) is 2.47. The van der Waals surface area contributed by atoms with Crippen LogP contribution in [0.2, 0.25) is 5.02 Å². The molecule has 0 bridgehead atoms. The number of esters is 1. The molecule has 10 heteroatoms. The summed E-state index contributed by atoms with van der Waals surface area (Å²) < 4.78 is 2.78. The fraction of sp³-hybridized carbons (Fsp3) is 0.385. The van der Waals surface area contributed by atoms with Gasteiger partial charge in [-0.1, -0.05) is 69.6 Å². The Hall–Kier alpha value is -0.100. The lowest BCUT2D eigenvalue weighted by Gasteiger charge is -2.31. The second-order valence-corrected chi connectivity index (χ2v) is 8.41. The zero-order valence-electron chi connectivity index (χ0n) is 11.3. The highest BCUT2D eigenvalue weighted by Crippen LogP contribution is 2.40. The Balaban J connectivity index is 2.36. The molecule has 1 heterocycles. The van der Waals surface area contributed by atoms with Crippen molar-refractivity contribution in [1.82, 2.24) is 0 Å². The highest BCUT2D eigenvalue weighted by molar-refractivity contribution is 6.75. The van der Waals surface area contributed by atoms with E-state index >= 15 is 0 Å². The molecule has 0 unspecified atom stereocenters. The minimum Gasteiger partial charge on any atom is -0.422 e. The van der Waals surface area contributed by atoms with E-state index in [1.165, 1.54) is 11.0 Å². The first-order chi connectivity index (χ1) is 10.6. The molecule has 0 aliphatic carbocycles. The molecule has 23 heavy (non-hydrogen) atoms. The molecule has 126 valence electrons. The molecule has 0 atom stereocenters. The number of fused-ring (bicyclic) bond motifs is 1. The smallest absolute Gasteiger partial charge is 0.363 e. The lowest BCUT2D eigenvalue weighted by molar-refractivity contribution is -0.133. The van der Waals surface area contributed by atoms with Gasteiger partial charge in [-0.05, 0) is 30.5 Å². The molecule has 2 rings (SSSR count). The monoisotopic (exact) mass is 437 g/mol. The van der Waals surface area contributed by atoms with E-state index < -0.39 is 20.5 Å². The maximum Gasteiger partial charge on any atom is 0.363 e. The fourth-order valence-corrected chi connectivity index (χ4v) is 2.84. The van der Waals surface area contributed by atoms with E-state index in [0.717, 1.165) is 0 Å². The van der Waals surface area contributed by atoms with Crippen LogP contribution in [0.1, 0.15) is 12.0 Å². The predicted octanol–water partition coefficient (Wildman–Crippen LogP) is 4.70. The molecule has 0 N–H and O–H groups in total. The number of rotatable bonds is 2. The van der Waals surface area contributed by atoms with Crippen molar-refractivity contribution in [2.24, 2.45) is 0 Å². The summed E-state index contributed by atoms with van der Waals surface area (Å²) >= 11 is 33.9. The molecule has 1 aliphatic heterocycles. The number of anilines is 1. The number of halogens is 6. The Labute approximate surface area is 162 Å². The van der Waals surface area contributed by atoms with E-state index in [9.17, 15) is 9.59 Å². The number of hydrogen-bond donors (Lipinski definition) is 0. The van der Waals surface area contributed by atoms with Crippen molar-refractivity contribution >= 4 is 87.2 Å². The summed E-state index contributed by atoms with van der Waals surface area (Å²) in [6, 6.07) is 2.99. The molecule has 0 saturated heterocycles. The summed E-state index contributed by atoms with van der Waals surface area (Å²) in [4.78, 5) is 23.9. The number of ether oxygens (including phenoxy) is 1. The summed E-state index contributed by atoms with van der Waals surface area (Å²) in [5.41, 5.74) is 1.20. The standard InChI is InChI=1S/C13H9Cl6NO3/c14-9-6-2-1-5-20(11(21)10(15)16)7(6)3-4-8(9)23-12(22)13(17,18)19/h3-4,10H,1-2,5H2. The molecule has 4 nitrogen and oxygen atoms in total. The van der Waals surface area contributed by atoms with Gasteiger partial charge in [-0.2, -0.15) is 0 Å². The van der Waals surface area contributed by atoms with Crippen molar-refractivity contribution < 1.29 is 14.3 Å². The molecule has 1 amide bonds. The summed E-state index contributed by atoms with van der Waals surface area (Å²) in [6.45, 7) is 0.464. The first-order valence-corrected chi connectivity index (χ1v) is 8.71. The molecule has 0 saturated carbocycles. The van der Waals surface area contributed by atoms with Crippen LogP contribution in [0.5, 0.6) is 5.75 Å². The van der Waals surface area contributed by atoms with Crippen LogP contribution in [0.15, 0.2) is 12.1 Å². The summed E-state index contributed by atoms with van der Waals surface area (Å²) in [6.07, 6.45) is 1.24.